The Kier molecular flexibility index (Phi) is 3.21. The van der Waals surface area contributed by atoms with Crippen molar-refractivity contribution in [2.24, 2.45) is 0 Å². The van der Waals surface area contributed by atoms with Gasteiger partial charge >= 0.3 is 0 Å². The lowest BCUT2D eigenvalue weighted by Gasteiger charge is -2.07. The molecule has 0 saturated heterocycles. The average molecular weight is 282 g/mol. The van der Waals surface area contributed by atoms with Crippen LogP contribution in [-0.4, -0.2) is 23.3 Å². The highest BCUT2D eigenvalue weighted by molar-refractivity contribution is 7.92. The summed E-state index contributed by atoms with van der Waals surface area (Å²) in [7, 11) is -3.92. The van der Waals surface area contributed by atoms with Crippen LogP contribution in [0.15, 0.2) is 35.7 Å². The van der Waals surface area contributed by atoms with Gasteiger partial charge in [0.05, 0.1) is 17.4 Å². The van der Waals surface area contributed by atoms with E-state index in [1.165, 1.54) is 24.5 Å². The number of benzene rings is 1. The third-order valence-electron chi connectivity index (χ3n) is 2.36. The number of hydrogen-bond donors (Lipinski definition) is 2. The molecule has 0 fully saturated rings. The molecule has 9 heteroatoms. The Labute approximate surface area is 108 Å². The molecular formula is C10H10N4O4S. The summed E-state index contributed by atoms with van der Waals surface area (Å²) in [6.07, 6.45) is 2.32. The van der Waals surface area contributed by atoms with E-state index in [9.17, 15) is 18.5 Å². The fourth-order valence-electron chi connectivity index (χ4n) is 1.48. The van der Waals surface area contributed by atoms with Crippen LogP contribution < -0.4 is 4.72 Å². The van der Waals surface area contributed by atoms with E-state index < -0.39 is 14.9 Å². The number of nitrogens with zero attached hydrogens (tertiary/aromatic N) is 2. The Morgan fingerprint density at radius 2 is 2.16 bits per heavy atom. The third-order valence-corrected chi connectivity index (χ3v) is 3.65. The fraction of sp³-hybridized carbons (Fsp3) is 0.100. The molecule has 0 aliphatic rings. The fourth-order valence-corrected chi connectivity index (χ4v) is 2.45. The Balaban J connectivity index is 2.44. The van der Waals surface area contributed by atoms with Gasteiger partial charge in [0.2, 0.25) is 0 Å². The van der Waals surface area contributed by atoms with Crippen LogP contribution in [0.2, 0.25) is 0 Å². The van der Waals surface area contributed by atoms with Gasteiger partial charge in [0.15, 0.2) is 5.03 Å². The number of hydrogen-bond acceptors (Lipinski definition) is 5. The molecule has 100 valence electrons. The molecule has 1 heterocycles. The summed E-state index contributed by atoms with van der Waals surface area (Å²) in [6, 6.07) is 4.18. The molecule has 2 N–H and O–H groups in total. The number of nitro benzene ring substituents is 1. The van der Waals surface area contributed by atoms with E-state index in [2.05, 4.69) is 14.7 Å². The van der Waals surface area contributed by atoms with E-state index in [1.54, 1.807) is 6.92 Å². The van der Waals surface area contributed by atoms with E-state index in [0.29, 0.717) is 5.56 Å². The van der Waals surface area contributed by atoms with Gasteiger partial charge in [-0.05, 0) is 18.6 Å². The minimum atomic E-state index is -3.92. The van der Waals surface area contributed by atoms with Crippen LogP contribution in [0.4, 0.5) is 11.4 Å². The lowest BCUT2D eigenvalue weighted by atomic mass is 10.2. The maximum Gasteiger partial charge on any atom is 0.293 e. The van der Waals surface area contributed by atoms with Crippen LogP contribution in [0.5, 0.6) is 0 Å². The molecule has 19 heavy (non-hydrogen) atoms. The number of rotatable bonds is 4. The molecular weight excluding hydrogens is 272 g/mol. The van der Waals surface area contributed by atoms with E-state index in [4.69, 9.17) is 0 Å². The lowest BCUT2D eigenvalue weighted by molar-refractivity contribution is -0.383. The van der Waals surface area contributed by atoms with Gasteiger partial charge in [-0.1, -0.05) is 6.07 Å². The van der Waals surface area contributed by atoms with E-state index >= 15 is 0 Å². The molecule has 1 aromatic carbocycles. The van der Waals surface area contributed by atoms with E-state index in [-0.39, 0.29) is 16.4 Å². The smallest absolute Gasteiger partial charge is 0.293 e. The van der Waals surface area contributed by atoms with Gasteiger partial charge in [0.1, 0.15) is 5.69 Å². The number of aromatic amines is 1. The van der Waals surface area contributed by atoms with Gasteiger partial charge in [0, 0.05) is 6.07 Å². The zero-order chi connectivity index (χ0) is 14.0. The minimum Gasteiger partial charge on any atom is -0.334 e. The molecule has 0 spiro atoms. The van der Waals surface area contributed by atoms with Gasteiger partial charge in [-0.2, -0.15) is 8.42 Å². The highest BCUT2D eigenvalue weighted by Crippen LogP contribution is 2.27. The standard InChI is InChI=1S/C10H10N4O4S/c1-7-2-3-9(14(15)16)8(4-7)13-19(17,18)10-5-11-6-12-10/h2-6,13H,1H3,(H,11,12). The van der Waals surface area contributed by atoms with Crippen LogP contribution in [0.1, 0.15) is 5.56 Å². The van der Waals surface area contributed by atoms with Crippen molar-refractivity contribution in [1.82, 2.24) is 9.97 Å². The van der Waals surface area contributed by atoms with Crippen molar-refractivity contribution in [1.29, 1.82) is 0 Å². The van der Waals surface area contributed by atoms with Crippen LogP contribution in [0.25, 0.3) is 0 Å². The SMILES string of the molecule is Cc1ccc([N+](=O)[O-])c(NS(=O)(=O)c2cnc[nH]2)c1. The maximum atomic E-state index is 11.9. The van der Waals surface area contributed by atoms with Crippen LogP contribution in [-0.2, 0) is 10.0 Å². The first kappa shape index (κ1) is 13.0. The molecule has 0 amide bonds. The van der Waals surface area contributed by atoms with Crippen molar-refractivity contribution in [3.8, 4) is 0 Å². The van der Waals surface area contributed by atoms with E-state index in [1.807, 2.05) is 0 Å². The maximum absolute atomic E-state index is 11.9. The zero-order valence-corrected chi connectivity index (χ0v) is 10.6. The molecule has 0 saturated carbocycles. The molecule has 0 aliphatic carbocycles. The largest absolute Gasteiger partial charge is 0.334 e. The van der Waals surface area contributed by atoms with Gasteiger partial charge in [-0.25, -0.2) is 4.98 Å². The van der Waals surface area contributed by atoms with Gasteiger partial charge in [-0.15, -0.1) is 0 Å². The number of imidazole rings is 1. The highest BCUT2D eigenvalue weighted by Gasteiger charge is 2.21. The predicted octanol–water partition coefficient (Wildman–Crippen LogP) is 1.43. The first-order valence-corrected chi connectivity index (χ1v) is 6.65. The molecule has 1 aromatic heterocycles. The minimum absolute atomic E-state index is 0.0837. The number of aryl methyl sites for hydroxylation is 1. The monoisotopic (exact) mass is 282 g/mol. The molecule has 2 rings (SSSR count). The summed E-state index contributed by atoms with van der Waals surface area (Å²) in [5, 5.41) is 10.7. The number of nitrogens with one attached hydrogen (secondary N) is 2. The van der Waals surface area contributed by atoms with Crippen molar-refractivity contribution < 1.29 is 13.3 Å². The quantitative estimate of drug-likeness (QED) is 0.649. The second kappa shape index (κ2) is 4.69. The van der Waals surface area contributed by atoms with Crippen molar-refractivity contribution in [2.75, 3.05) is 4.72 Å². The Morgan fingerprint density at radius 1 is 1.42 bits per heavy atom. The van der Waals surface area contributed by atoms with Crippen molar-refractivity contribution in [3.63, 3.8) is 0 Å². The number of sulfonamides is 1. The second-order valence-corrected chi connectivity index (χ2v) is 5.45. The number of aromatic nitrogens is 2. The van der Waals surface area contributed by atoms with Gasteiger partial charge < -0.3 is 4.98 Å². The number of H-pyrrole nitrogens is 1. The summed E-state index contributed by atoms with van der Waals surface area (Å²) in [4.78, 5) is 16.2. The Bertz CT molecular complexity index is 709. The van der Waals surface area contributed by atoms with Crippen LogP contribution >= 0.6 is 0 Å². The third kappa shape index (κ3) is 2.71. The lowest BCUT2D eigenvalue weighted by Crippen LogP contribution is -2.14. The normalized spacial score (nSPS) is 11.2. The molecule has 2 aromatic rings. The topological polar surface area (TPSA) is 118 Å². The van der Waals surface area contributed by atoms with Crippen molar-refractivity contribution in [3.05, 3.63) is 46.4 Å². The van der Waals surface area contributed by atoms with Gasteiger partial charge in [0.25, 0.3) is 15.7 Å². The first-order chi connectivity index (χ1) is 8.90. The Hall–Kier alpha value is -2.42. The van der Waals surface area contributed by atoms with Gasteiger partial charge in [-0.3, -0.25) is 14.8 Å². The van der Waals surface area contributed by atoms with Crippen molar-refractivity contribution in [2.45, 2.75) is 11.9 Å². The first-order valence-electron chi connectivity index (χ1n) is 5.16. The highest BCUT2D eigenvalue weighted by atomic mass is 32.2. The number of anilines is 1. The molecule has 8 nitrogen and oxygen atoms in total. The predicted molar refractivity (Wildman–Crippen MR) is 67.2 cm³/mol. The summed E-state index contributed by atoms with van der Waals surface area (Å²) in [5.74, 6) is 0. The number of nitro groups is 1. The van der Waals surface area contributed by atoms with Crippen LogP contribution in [0.3, 0.4) is 0 Å². The van der Waals surface area contributed by atoms with Crippen LogP contribution in [0, 0.1) is 17.0 Å². The summed E-state index contributed by atoms with van der Waals surface area (Å²) in [5.41, 5.74) is 0.307. The molecule has 0 aliphatic heterocycles. The summed E-state index contributed by atoms with van der Waals surface area (Å²) < 4.78 is 26.1. The molecule has 0 unspecified atom stereocenters. The van der Waals surface area contributed by atoms with E-state index in [0.717, 1.165) is 6.20 Å². The molecule has 0 atom stereocenters. The Morgan fingerprint density at radius 3 is 2.74 bits per heavy atom. The second-order valence-electron chi connectivity index (χ2n) is 3.80. The molecule has 0 bridgehead atoms. The van der Waals surface area contributed by atoms with Crippen molar-refractivity contribution >= 4 is 21.4 Å². The average Bonchev–Trinajstić information content (AvgIpc) is 2.81. The summed E-state index contributed by atoms with van der Waals surface area (Å²) in [6.45, 7) is 1.71. The molecule has 0 radical (unpaired) electrons. The summed E-state index contributed by atoms with van der Waals surface area (Å²) >= 11 is 0. The zero-order valence-electron chi connectivity index (χ0n) is 9.82.